The van der Waals surface area contributed by atoms with Gasteiger partial charge in [-0.15, -0.1) is 12.0 Å². The molecule has 2 radical (unpaired) electrons. The van der Waals surface area contributed by atoms with Crippen LogP contribution in [0.25, 0.3) is 49.8 Å². The van der Waals surface area contributed by atoms with Crippen LogP contribution < -0.4 is 25.2 Å². The lowest BCUT2D eigenvalue weighted by molar-refractivity contribution is 0.464. The Morgan fingerprint density at radius 1 is 0.519 bits per heavy atom. The molecule has 390 valence electrons. The summed E-state index contributed by atoms with van der Waals surface area (Å²) in [7, 11) is 4.43. The van der Waals surface area contributed by atoms with Crippen molar-refractivity contribution < 1.29 is 4.74 Å². The van der Waals surface area contributed by atoms with Crippen molar-refractivity contribution in [3.63, 3.8) is 0 Å². The van der Waals surface area contributed by atoms with Gasteiger partial charge in [-0.25, -0.2) is 9.97 Å². The average molecular weight is 1030 g/mol. The Kier molecular flexibility index (Phi) is 14.3. The number of para-hydroxylation sites is 2. The van der Waals surface area contributed by atoms with Crippen LogP contribution in [0.1, 0.15) is 90.1 Å². The van der Waals surface area contributed by atoms with Crippen molar-refractivity contribution in [1.82, 2.24) is 25.2 Å². The molecule has 8 aromatic rings. The number of nitrogens with zero attached hydrogens (tertiary/aromatic N) is 5. The molecule has 79 heavy (non-hydrogen) atoms. The van der Waals surface area contributed by atoms with E-state index in [2.05, 4.69) is 272 Å². The number of hydrogen-bond acceptors (Lipinski definition) is 7. The summed E-state index contributed by atoms with van der Waals surface area (Å²) in [6.45, 7) is 20.9. The van der Waals surface area contributed by atoms with E-state index in [9.17, 15) is 0 Å². The summed E-state index contributed by atoms with van der Waals surface area (Å²) < 4.78 is 9.35. The van der Waals surface area contributed by atoms with Crippen LogP contribution in [0, 0.1) is 0 Å². The van der Waals surface area contributed by atoms with Crippen molar-refractivity contribution in [1.29, 1.82) is 0 Å². The molecular weight excluding hydrogens is 964 g/mol. The van der Waals surface area contributed by atoms with Crippen LogP contribution in [0.2, 0.25) is 0 Å². The first-order valence-corrected chi connectivity index (χ1v) is 27.3. The maximum absolute atomic E-state index is 7.06. The summed E-state index contributed by atoms with van der Waals surface area (Å²) in [6.07, 6.45) is 26.4. The maximum Gasteiger partial charge on any atom is 0.221 e. The Balaban J connectivity index is 1.07. The fraction of sp³-hybridized carbons (Fsp3) is 0.188. The third-order valence-electron chi connectivity index (χ3n) is 14.8. The summed E-state index contributed by atoms with van der Waals surface area (Å²) in [5.41, 5.74) is 15.9. The third kappa shape index (κ3) is 11.1. The quantitative estimate of drug-likeness (QED) is 0.147. The van der Waals surface area contributed by atoms with Gasteiger partial charge in [0.1, 0.15) is 18.2 Å². The number of rotatable bonds is 8. The van der Waals surface area contributed by atoms with E-state index in [1.54, 1.807) is 0 Å². The van der Waals surface area contributed by atoms with E-state index in [4.69, 9.17) is 14.7 Å². The van der Waals surface area contributed by atoms with E-state index in [0.29, 0.717) is 18.3 Å². The van der Waals surface area contributed by atoms with Crippen LogP contribution in [0.3, 0.4) is 0 Å². The zero-order chi connectivity index (χ0) is 54.9. The fourth-order valence-electron chi connectivity index (χ4n) is 10.5. The second kappa shape index (κ2) is 21.6. The molecule has 0 aliphatic carbocycles. The number of anilines is 4. The van der Waals surface area contributed by atoms with Gasteiger partial charge in [0.2, 0.25) is 5.88 Å². The molecule has 3 aliphatic heterocycles. The molecule has 0 spiro atoms. The molecule has 5 aromatic carbocycles. The van der Waals surface area contributed by atoms with Crippen molar-refractivity contribution in [3.8, 4) is 28.7 Å². The van der Waals surface area contributed by atoms with E-state index in [-0.39, 0.29) is 16.2 Å². The molecule has 3 aliphatic rings. The van der Waals surface area contributed by atoms with Gasteiger partial charge in [0.05, 0.1) is 39.5 Å². The molecule has 2 N–H and O–H groups in total. The van der Waals surface area contributed by atoms with Gasteiger partial charge in [0.15, 0.2) is 14.6 Å². The van der Waals surface area contributed by atoms with Gasteiger partial charge >= 0.3 is 0 Å². The van der Waals surface area contributed by atoms with Gasteiger partial charge in [0, 0.05) is 59.5 Å². The summed E-state index contributed by atoms with van der Waals surface area (Å²) in [5, 5.41) is 8.86. The Bertz CT molecular complexity index is 3800. The summed E-state index contributed by atoms with van der Waals surface area (Å²) in [5.74, 6) is 6.25. The van der Waals surface area contributed by atoms with Crippen LogP contribution in [-0.2, 0) is 16.2 Å². The monoisotopic (exact) mass is 1030 g/mol. The number of pyridine rings is 2. The Morgan fingerprint density at radius 3 is 1.77 bits per heavy atom. The number of allylic oxidation sites excluding steroid dienone is 8. The average Bonchev–Trinajstić information content (AvgIpc) is 4.23. The SMILES string of the molecule is CC(C)(C)c1ccnc(-n2c3ccc(C(C)(C)C)cc3c3ccc(Oc4cc(N5CN(c6c(/C7=C/C=C\N/C=C\C=C/[B]7)cc(C(C)(C)C)cc6/C6=C/C=C\N/C=C\C=C/[B]6)c6ccccc65)cc(-c5ccccc5)n4)cc32)c1. The highest BCUT2D eigenvalue weighted by Gasteiger charge is 2.34. The van der Waals surface area contributed by atoms with Gasteiger partial charge in [-0.3, -0.25) is 4.57 Å². The van der Waals surface area contributed by atoms with Crippen LogP contribution in [0.5, 0.6) is 11.6 Å². The van der Waals surface area contributed by atoms with Crippen LogP contribution in [0.15, 0.2) is 219 Å². The fourth-order valence-corrected chi connectivity index (χ4v) is 10.5. The normalized spacial score (nSPS) is 18.5. The first-order chi connectivity index (χ1) is 38.1. The Labute approximate surface area is 468 Å². The van der Waals surface area contributed by atoms with E-state index < -0.39 is 0 Å². The van der Waals surface area contributed by atoms with Crippen molar-refractivity contribution in [2.45, 2.75) is 78.6 Å². The third-order valence-corrected chi connectivity index (χ3v) is 14.8. The molecule has 3 aromatic heterocycles. The molecule has 0 bridgehead atoms. The number of hydrogen-bond donors (Lipinski definition) is 2. The van der Waals surface area contributed by atoms with Crippen LogP contribution in [0.4, 0.5) is 22.7 Å². The summed E-state index contributed by atoms with van der Waals surface area (Å²) in [6, 6.07) is 45.8. The lowest BCUT2D eigenvalue weighted by atomic mass is 9.62. The molecule has 8 nitrogen and oxygen atoms in total. The maximum atomic E-state index is 7.06. The molecule has 0 amide bonds. The van der Waals surface area contributed by atoms with Gasteiger partial charge in [-0.05, 0) is 135 Å². The predicted molar refractivity (Wildman–Crippen MR) is 335 cm³/mol. The second-order valence-corrected chi connectivity index (χ2v) is 23.4. The predicted octanol–water partition coefficient (Wildman–Crippen LogP) is 16.6. The van der Waals surface area contributed by atoms with E-state index in [0.717, 1.165) is 78.3 Å². The van der Waals surface area contributed by atoms with E-state index in [1.807, 2.05) is 49.2 Å². The van der Waals surface area contributed by atoms with Crippen LogP contribution >= 0.6 is 0 Å². The van der Waals surface area contributed by atoms with Crippen molar-refractivity contribution in [2.24, 2.45) is 0 Å². The highest BCUT2D eigenvalue weighted by atomic mass is 16.5. The molecule has 0 saturated heterocycles. The highest BCUT2D eigenvalue weighted by molar-refractivity contribution is 6.67. The molecule has 0 atom stereocenters. The van der Waals surface area contributed by atoms with E-state index >= 15 is 0 Å². The number of ether oxygens (including phenoxy) is 1. The Morgan fingerprint density at radius 2 is 1.13 bits per heavy atom. The minimum absolute atomic E-state index is 0.0271. The molecular formula is C69H67B2N7O. The Hall–Kier alpha value is -8.75. The molecule has 0 unspecified atom stereocenters. The molecule has 10 heteroatoms. The minimum Gasteiger partial charge on any atom is -0.439 e. The smallest absolute Gasteiger partial charge is 0.221 e. The number of fused-ring (bicyclic) bond motifs is 4. The van der Waals surface area contributed by atoms with Gasteiger partial charge in [-0.1, -0.05) is 146 Å². The summed E-state index contributed by atoms with van der Waals surface area (Å²) in [4.78, 5) is 15.2. The number of nitrogens with one attached hydrogen (secondary N) is 2. The first-order valence-electron chi connectivity index (χ1n) is 27.3. The van der Waals surface area contributed by atoms with Crippen molar-refractivity contribution >= 4 is 70.1 Å². The zero-order valence-electron chi connectivity index (χ0n) is 46.8. The van der Waals surface area contributed by atoms with Crippen molar-refractivity contribution in [3.05, 3.63) is 247 Å². The molecule has 6 heterocycles. The zero-order valence-corrected chi connectivity index (χ0v) is 46.8. The topological polar surface area (TPSA) is 70.5 Å². The minimum atomic E-state index is -0.164. The number of benzene rings is 5. The van der Waals surface area contributed by atoms with Gasteiger partial charge in [0.25, 0.3) is 0 Å². The lowest BCUT2D eigenvalue weighted by Gasteiger charge is -2.31. The first kappa shape index (κ1) is 52.3. The molecule has 0 saturated carbocycles. The molecule has 11 rings (SSSR count). The molecule has 0 fully saturated rings. The number of aromatic nitrogens is 3. The van der Waals surface area contributed by atoms with Gasteiger partial charge in [-0.2, -0.15) is 0 Å². The van der Waals surface area contributed by atoms with E-state index in [1.165, 1.54) is 22.1 Å². The highest BCUT2D eigenvalue weighted by Crippen LogP contribution is 2.50. The van der Waals surface area contributed by atoms with Gasteiger partial charge < -0.3 is 25.2 Å². The largest absolute Gasteiger partial charge is 0.439 e. The van der Waals surface area contributed by atoms with Crippen LogP contribution in [-0.4, -0.2) is 35.8 Å². The standard InChI is InChI=1S/C69H67B2N7O/c1-67(2,3)48-27-30-60-54(39-48)53-29-28-52(45-63(53)78(60)64-42-49(31-38-74-64)68(4,5)6)79-65-44-51(43-59(75-65)47-21-11-10-12-22-47)76-46-77(62-26-14-13-25-61(62)76)66-55(57-23-19-36-72-34-17-15-32-70-57)40-50(69(7,8)9)41-56(66)58-24-20-37-73-35-18-16-33-71-58/h10-45,72-73H,46H2,1-9H3/b32-15-,33-16-,34-17-,35-18-,36-19-,37-20-,57-23-,58-24-. The summed E-state index contributed by atoms with van der Waals surface area (Å²) >= 11 is 0. The lowest BCUT2D eigenvalue weighted by Crippen LogP contribution is -2.27. The van der Waals surface area contributed by atoms with Crippen molar-refractivity contribution in [2.75, 3.05) is 16.5 Å². The second-order valence-electron chi connectivity index (χ2n) is 23.4.